The van der Waals surface area contributed by atoms with E-state index in [1.165, 1.54) is 148 Å². The zero-order valence-corrected chi connectivity index (χ0v) is 24.7. The van der Waals surface area contributed by atoms with Crippen molar-refractivity contribution in [1.82, 2.24) is 0 Å². The lowest BCUT2D eigenvalue weighted by Crippen LogP contribution is -2.47. The van der Waals surface area contributed by atoms with Crippen LogP contribution in [0, 0.1) is 5.92 Å². The molecule has 0 aromatic heterocycles. The highest BCUT2D eigenvalue weighted by Crippen LogP contribution is 2.35. The third kappa shape index (κ3) is 19.8. The van der Waals surface area contributed by atoms with Crippen LogP contribution >= 0.6 is 24.0 Å². The molecule has 31 heavy (non-hydrogen) atoms. The van der Waals surface area contributed by atoms with E-state index in [1.54, 1.807) is 0 Å². The van der Waals surface area contributed by atoms with E-state index in [-0.39, 0.29) is 29.5 Å². The van der Waals surface area contributed by atoms with E-state index in [1.807, 2.05) is 0 Å². The van der Waals surface area contributed by atoms with Crippen LogP contribution in [0.25, 0.3) is 0 Å². The summed E-state index contributed by atoms with van der Waals surface area (Å²) < 4.78 is 0. The molecule has 1 atom stereocenters. The molecule has 0 heterocycles. The molecule has 0 aliphatic carbocycles. The van der Waals surface area contributed by atoms with E-state index in [4.69, 9.17) is 5.73 Å². The average molecular weight is 552 g/mol. The first kappa shape index (κ1) is 33.9. The van der Waals surface area contributed by atoms with Crippen LogP contribution in [0.5, 0.6) is 0 Å². The van der Waals surface area contributed by atoms with E-state index in [0.29, 0.717) is 0 Å². The van der Waals surface area contributed by atoms with Gasteiger partial charge in [-0.2, -0.15) is 0 Å². The highest BCUT2D eigenvalue weighted by Gasteiger charge is 2.32. The van der Waals surface area contributed by atoms with Crippen LogP contribution in [0.4, 0.5) is 0 Å². The molecule has 1 nitrogen and oxygen atoms in total. The van der Waals surface area contributed by atoms with Crippen molar-refractivity contribution < 1.29 is 0 Å². The molecule has 190 valence electrons. The summed E-state index contributed by atoms with van der Waals surface area (Å²) in [5.74, 6) is 0.756. The van der Waals surface area contributed by atoms with Gasteiger partial charge < -0.3 is 5.73 Å². The molecular weight excluding hydrogens is 489 g/mol. The molecule has 0 aliphatic rings. The Morgan fingerprint density at radius 1 is 0.452 bits per heavy atom. The fourth-order valence-corrected chi connectivity index (χ4v) is 5.18. The van der Waals surface area contributed by atoms with Gasteiger partial charge in [-0.3, -0.25) is 0 Å². The SMILES string of the molecule is CCCCCCCCCCCCC(CCCCC)C(N)(CCCCC)CCCCC.I. The first-order chi connectivity index (χ1) is 14.6. The van der Waals surface area contributed by atoms with Gasteiger partial charge in [-0.05, 0) is 31.6 Å². The fourth-order valence-electron chi connectivity index (χ4n) is 5.18. The molecule has 2 N–H and O–H groups in total. The van der Waals surface area contributed by atoms with Crippen LogP contribution in [-0.4, -0.2) is 5.54 Å². The smallest absolute Gasteiger partial charge is 0.0182 e. The van der Waals surface area contributed by atoms with Crippen molar-refractivity contribution in [2.45, 2.75) is 181 Å². The Bertz CT molecular complexity index is 321. The molecule has 0 aromatic rings. The lowest BCUT2D eigenvalue weighted by molar-refractivity contribution is 0.190. The highest BCUT2D eigenvalue weighted by molar-refractivity contribution is 14.0. The second kappa shape index (κ2) is 25.3. The Morgan fingerprint density at radius 2 is 0.742 bits per heavy atom. The molecule has 2 heteroatoms. The van der Waals surface area contributed by atoms with Gasteiger partial charge >= 0.3 is 0 Å². The van der Waals surface area contributed by atoms with Crippen LogP contribution in [0.2, 0.25) is 0 Å². The van der Waals surface area contributed by atoms with Gasteiger partial charge in [0.2, 0.25) is 0 Å². The Morgan fingerprint density at radius 3 is 1.16 bits per heavy atom. The summed E-state index contributed by atoms with van der Waals surface area (Å²) in [4.78, 5) is 0. The van der Waals surface area contributed by atoms with Gasteiger partial charge in [0, 0.05) is 5.54 Å². The number of hydrogen-bond acceptors (Lipinski definition) is 1. The third-order valence-corrected chi connectivity index (χ3v) is 7.37. The first-order valence-electron chi connectivity index (χ1n) is 14.4. The van der Waals surface area contributed by atoms with Crippen molar-refractivity contribution in [2.24, 2.45) is 11.7 Å². The second-order valence-corrected chi connectivity index (χ2v) is 10.3. The standard InChI is InChI=1S/C29H61N.HI/c1-5-9-13-14-15-16-17-18-19-21-25-28(24-20-10-6-2)29(30,26-22-11-7-3)27-23-12-8-4;/h28H,5-27,30H2,1-4H3;1H. The molecule has 0 amide bonds. The fraction of sp³-hybridized carbons (Fsp3) is 1.00. The predicted octanol–water partition coefficient (Wildman–Crippen LogP) is 11.0. The Kier molecular flexibility index (Phi) is 27.7. The number of rotatable bonds is 24. The van der Waals surface area contributed by atoms with Crippen molar-refractivity contribution in [3.05, 3.63) is 0 Å². The molecule has 0 bridgehead atoms. The summed E-state index contributed by atoms with van der Waals surface area (Å²) in [6, 6.07) is 0. The van der Waals surface area contributed by atoms with Gasteiger partial charge in [-0.15, -0.1) is 24.0 Å². The van der Waals surface area contributed by atoms with Crippen LogP contribution in [0.15, 0.2) is 0 Å². The summed E-state index contributed by atoms with van der Waals surface area (Å²) in [5, 5.41) is 0. The lowest BCUT2D eigenvalue weighted by atomic mass is 9.72. The molecule has 1 unspecified atom stereocenters. The van der Waals surface area contributed by atoms with Crippen molar-refractivity contribution in [1.29, 1.82) is 0 Å². The third-order valence-electron chi connectivity index (χ3n) is 7.37. The highest BCUT2D eigenvalue weighted by atomic mass is 127. The molecule has 0 spiro atoms. The Hall–Kier alpha value is 0.690. The molecule has 0 saturated heterocycles. The Labute approximate surface area is 215 Å². The summed E-state index contributed by atoms with van der Waals surface area (Å²) in [5.41, 5.74) is 7.33. The van der Waals surface area contributed by atoms with Gasteiger partial charge in [0.25, 0.3) is 0 Å². The normalized spacial score (nSPS) is 12.7. The molecule has 0 aromatic carbocycles. The topological polar surface area (TPSA) is 26.0 Å². The zero-order valence-electron chi connectivity index (χ0n) is 22.3. The largest absolute Gasteiger partial charge is 0.325 e. The number of halogens is 1. The van der Waals surface area contributed by atoms with E-state index < -0.39 is 0 Å². The van der Waals surface area contributed by atoms with Gasteiger partial charge in [0.15, 0.2) is 0 Å². The lowest BCUT2D eigenvalue weighted by Gasteiger charge is -2.39. The minimum absolute atomic E-state index is 0. The van der Waals surface area contributed by atoms with Gasteiger partial charge in [0.05, 0.1) is 0 Å². The number of nitrogens with two attached hydrogens (primary N) is 1. The summed E-state index contributed by atoms with van der Waals surface area (Å²) >= 11 is 0. The van der Waals surface area contributed by atoms with Crippen molar-refractivity contribution >= 4 is 24.0 Å². The van der Waals surface area contributed by atoms with E-state index in [0.717, 1.165) is 5.92 Å². The molecule has 0 rings (SSSR count). The van der Waals surface area contributed by atoms with Crippen LogP contribution in [-0.2, 0) is 0 Å². The zero-order chi connectivity index (χ0) is 22.3. The van der Waals surface area contributed by atoms with Gasteiger partial charge in [0.1, 0.15) is 0 Å². The predicted molar refractivity (Wildman–Crippen MR) is 155 cm³/mol. The maximum absolute atomic E-state index is 7.23. The van der Waals surface area contributed by atoms with Crippen molar-refractivity contribution in [2.75, 3.05) is 0 Å². The maximum atomic E-state index is 7.23. The number of hydrogen-bond donors (Lipinski definition) is 1. The minimum Gasteiger partial charge on any atom is -0.325 e. The van der Waals surface area contributed by atoms with E-state index in [9.17, 15) is 0 Å². The summed E-state index contributed by atoms with van der Waals surface area (Å²) in [6.45, 7) is 9.27. The van der Waals surface area contributed by atoms with Gasteiger partial charge in [-0.1, -0.05) is 150 Å². The molecule has 0 radical (unpaired) electrons. The molecular formula is C29H62IN. The average Bonchev–Trinajstić information content (AvgIpc) is 2.74. The monoisotopic (exact) mass is 551 g/mol. The van der Waals surface area contributed by atoms with Crippen LogP contribution in [0.1, 0.15) is 175 Å². The number of unbranched alkanes of at least 4 members (excludes halogenated alkanes) is 15. The molecule has 0 saturated carbocycles. The molecule has 0 fully saturated rings. The summed E-state index contributed by atoms with van der Waals surface area (Å²) in [7, 11) is 0. The Balaban J connectivity index is 0. The van der Waals surface area contributed by atoms with E-state index in [2.05, 4.69) is 27.7 Å². The van der Waals surface area contributed by atoms with Gasteiger partial charge in [-0.25, -0.2) is 0 Å². The van der Waals surface area contributed by atoms with Crippen LogP contribution < -0.4 is 5.73 Å². The quantitative estimate of drug-likeness (QED) is 0.0937. The van der Waals surface area contributed by atoms with Crippen LogP contribution in [0.3, 0.4) is 0 Å². The summed E-state index contributed by atoms with van der Waals surface area (Å²) in [6.07, 6.45) is 31.7. The molecule has 0 aliphatic heterocycles. The maximum Gasteiger partial charge on any atom is 0.0182 e. The van der Waals surface area contributed by atoms with Crippen molar-refractivity contribution in [3.8, 4) is 0 Å². The van der Waals surface area contributed by atoms with Crippen molar-refractivity contribution in [3.63, 3.8) is 0 Å². The second-order valence-electron chi connectivity index (χ2n) is 10.3. The minimum atomic E-state index is 0. The van der Waals surface area contributed by atoms with E-state index >= 15 is 0 Å². The first-order valence-corrected chi connectivity index (χ1v) is 14.4.